The van der Waals surface area contributed by atoms with E-state index in [0.717, 1.165) is 12.0 Å². The van der Waals surface area contributed by atoms with Gasteiger partial charge in [-0.25, -0.2) is 4.98 Å². The second-order valence-corrected chi connectivity index (χ2v) is 4.29. The number of nitrogens with zero attached hydrogens (tertiary/aromatic N) is 3. The molecule has 4 heteroatoms. The maximum atomic E-state index is 8.80. The van der Waals surface area contributed by atoms with Crippen LogP contribution >= 0.6 is 0 Å². The van der Waals surface area contributed by atoms with Gasteiger partial charge in [-0.3, -0.25) is 4.98 Å². The van der Waals surface area contributed by atoms with Gasteiger partial charge in [-0.1, -0.05) is 6.92 Å². The van der Waals surface area contributed by atoms with Crippen molar-refractivity contribution in [1.82, 2.24) is 9.97 Å². The number of ether oxygens (including phenoxy) is 1. The molecular formula is C16H15N3O. The molecule has 0 unspecified atom stereocenters. The molecule has 0 fully saturated rings. The van der Waals surface area contributed by atoms with Crippen molar-refractivity contribution in [2.24, 2.45) is 0 Å². The third kappa shape index (κ3) is 3.21. The Kier molecular flexibility index (Phi) is 4.46. The quantitative estimate of drug-likeness (QED) is 0.793. The molecule has 1 aromatic heterocycles. The molecule has 2 aromatic rings. The lowest BCUT2D eigenvalue weighted by Crippen LogP contribution is -2.01. The second-order valence-electron chi connectivity index (χ2n) is 4.29. The molecule has 0 amide bonds. The average Bonchev–Trinajstić information content (AvgIpc) is 2.53. The van der Waals surface area contributed by atoms with Crippen LogP contribution in [0, 0.1) is 11.3 Å². The first-order valence-corrected chi connectivity index (χ1v) is 6.38. The van der Waals surface area contributed by atoms with Crippen LogP contribution in [0.4, 0.5) is 0 Å². The lowest BCUT2D eigenvalue weighted by molar-refractivity contribution is 0.505. The monoisotopic (exact) mass is 265 g/mol. The van der Waals surface area contributed by atoms with Gasteiger partial charge < -0.3 is 4.74 Å². The Morgan fingerprint density at radius 2 is 2.00 bits per heavy atom. The molecule has 0 saturated heterocycles. The van der Waals surface area contributed by atoms with Crippen molar-refractivity contribution >= 4 is 5.76 Å². The standard InChI is InChI=1S/C16H15N3O/c1-3-12(2)16(15-11-18-8-9-19-15)20-14-6-4-13(10-17)5-7-14/h4-9,11H,3H2,1-2H3/b16-12+. The first-order chi connectivity index (χ1) is 9.74. The highest BCUT2D eigenvalue weighted by Gasteiger charge is 2.10. The zero-order valence-corrected chi connectivity index (χ0v) is 11.5. The Labute approximate surface area is 118 Å². The van der Waals surface area contributed by atoms with Crippen molar-refractivity contribution in [2.45, 2.75) is 20.3 Å². The highest BCUT2D eigenvalue weighted by molar-refractivity contribution is 5.61. The Bertz CT molecular complexity index is 640. The minimum Gasteiger partial charge on any atom is -0.455 e. The van der Waals surface area contributed by atoms with Crippen LogP contribution in [-0.2, 0) is 0 Å². The summed E-state index contributed by atoms with van der Waals surface area (Å²) < 4.78 is 5.92. The predicted octanol–water partition coefficient (Wildman–Crippen LogP) is 3.57. The topological polar surface area (TPSA) is 58.8 Å². The van der Waals surface area contributed by atoms with Gasteiger partial charge in [0.15, 0.2) is 5.76 Å². The van der Waals surface area contributed by atoms with Crippen molar-refractivity contribution < 1.29 is 4.74 Å². The van der Waals surface area contributed by atoms with Crippen molar-refractivity contribution in [3.8, 4) is 11.8 Å². The normalized spacial score (nSPS) is 11.4. The molecule has 1 aromatic carbocycles. The van der Waals surface area contributed by atoms with E-state index in [0.29, 0.717) is 22.8 Å². The van der Waals surface area contributed by atoms with Crippen LogP contribution in [0.3, 0.4) is 0 Å². The molecule has 0 N–H and O–H groups in total. The average molecular weight is 265 g/mol. The van der Waals surface area contributed by atoms with Gasteiger partial charge in [0.1, 0.15) is 11.4 Å². The number of allylic oxidation sites excluding steroid dienone is 1. The van der Waals surface area contributed by atoms with E-state index in [2.05, 4.69) is 23.0 Å². The molecule has 0 aliphatic rings. The van der Waals surface area contributed by atoms with Gasteiger partial charge in [-0.05, 0) is 43.2 Å². The molecule has 0 bridgehead atoms. The minimum absolute atomic E-state index is 0.606. The Hall–Kier alpha value is -2.67. The third-order valence-electron chi connectivity index (χ3n) is 2.92. The van der Waals surface area contributed by atoms with Crippen LogP contribution in [0.5, 0.6) is 5.75 Å². The number of hydrogen-bond donors (Lipinski definition) is 0. The van der Waals surface area contributed by atoms with Crippen molar-refractivity contribution in [1.29, 1.82) is 5.26 Å². The maximum absolute atomic E-state index is 8.80. The Balaban J connectivity index is 2.32. The van der Waals surface area contributed by atoms with Crippen LogP contribution in [-0.4, -0.2) is 9.97 Å². The number of nitriles is 1. The Morgan fingerprint density at radius 1 is 1.25 bits per heavy atom. The van der Waals surface area contributed by atoms with Gasteiger partial charge in [0, 0.05) is 12.4 Å². The zero-order chi connectivity index (χ0) is 14.4. The van der Waals surface area contributed by atoms with Crippen LogP contribution in [0.25, 0.3) is 5.76 Å². The fraction of sp³-hybridized carbons (Fsp3) is 0.188. The van der Waals surface area contributed by atoms with Crippen LogP contribution in [0.2, 0.25) is 0 Å². The first kappa shape index (κ1) is 13.8. The summed E-state index contributed by atoms with van der Waals surface area (Å²) in [6, 6.07) is 9.09. The zero-order valence-electron chi connectivity index (χ0n) is 11.5. The molecule has 2 rings (SSSR count). The van der Waals surface area contributed by atoms with E-state index in [-0.39, 0.29) is 0 Å². The van der Waals surface area contributed by atoms with E-state index in [9.17, 15) is 0 Å². The van der Waals surface area contributed by atoms with Crippen molar-refractivity contribution in [3.63, 3.8) is 0 Å². The summed E-state index contributed by atoms with van der Waals surface area (Å²) in [5.41, 5.74) is 2.40. The molecule has 0 atom stereocenters. The van der Waals surface area contributed by atoms with Gasteiger partial charge in [-0.15, -0.1) is 0 Å². The lowest BCUT2D eigenvalue weighted by atomic mass is 10.1. The molecule has 1 heterocycles. The summed E-state index contributed by atoms with van der Waals surface area (Å²) in [6.45, 7) is 4.07. The first-order valence-electron chi connectivity index (χ1n) is 6.38. The molecule has 0 aliphatic carbocycles. The molecule has 0 radical (unpaired) electrons. The molecule has 0 aliphatic heterocycles. The van der Waals surface area contributed by atoms with E-state index in [1.807, 2.05) is 6.92 Å². The molecule has 0 saturated carbocycles. The fourth-order valence-electron chi connectivity index (χ4n) is 1.65. The van der Waals surface area contributed by atoms with Crippen LogP contribution in [0.15, 0.2) is 48.4 Å². The van der Waals surface area contributed by atoms with Crippen molar-refractivity contribution in [3.05, 3.63) is 59.7 Å². The van der Waals surface area contributed by atoms with Gasteiger partial charge >= 0.3 is 0 Å². The number of hydrogen-bond acceptors (Lipinski definition) is 4. The van der Waals surface area contributed by atoms with Gasteiger partial charge in [0.25, 0.3) is 0 Å². The van der Waals surface area contributed by atoms with Gasteiger partial charge in [0.05, 0.1) is 17.8 Å². The summed E-state index contributed by atoms with van der Waals surface area (Å²) in [7, 11) is 0. The van der Waals surface area contributed by atoms with Crippen LogP contribution < -0.4 is 4.74 Å². The highest BCUT2D eigenvalue weighted by Crippen LogP contribution is 2.23. The molecular weight excluding hydrogens is 250 g/mol. The molecule has 0 spiro atoms. The van der Waals surface area contributed by atoms with E-state index in [4.69, 9.17) is 10.00 Å². The number of benzene rings is 1. The minimum atomic E-state index is 0.606. The molecule has 4 nitrogen and oxygen atoms in total. The smallest absolute Gasteiger partial charge is 0.153 e. The van der Waals surface area contributed by atoms with Gasteiger partial charge in [-0.2, -0.15) is 5.26 Å². The molecule has 20 heavy (non-hydrogen) atoms. The third-order valence-corrected chi connectivity index (χ3v) is 2.92. The summed E-state index contributed by atoms with van der Waals surface area (Å²) in [5, 5.41) is 8.80. The lowest BCUT2D eigenvalue weighted by Gasteiger charge is -2.12. The molecule has 100 valence electrons. The second kappa shape index (κ2) is 6.48. The highest BCUT2D eigenvalue weighted by atomic mass is 16.5. The summed E-state index contributed by atoms with van der Waals surface area (Å²) in [6.07, 6.45) is 5.81. The van der Waals surface area contributed by atoms with E-state index in [1.165, 1.54) is 0 Å². The van der Waals surface area contributed by atoms with Gasteiger partial charge in [0.2, 0.25) is 0 Å². The Morgan fingerprint density at radius 3 is 2.55 bits per heavy atom. The van der Waals surface area contributed by atoms with Crippen LogP contribution in [0.1, 0.15) is 31.5 Å². The summed E-state index contributed by atoms with van der Waals surface area (Å²) >= 11 is 0. The SMILES string of the molecule is CC/C(C)=C(/Oc1ccc(C#N)cc1)c1cnccn1. The largest absolute Gasteiger partial charge is 0.455 e. The number of aromatic nitrogens is 2. The van der Waals surface area contributed by atoms with E-state index in [1.54, 1.807) is 42.9 Å². The maximum Gasteiger partial charge on any atom is 0.153 e. The fourth-order valence-corrected chi connectivity index (χ4v) is 1.65. The number of rotatable bonds is 4. The summed E-state index contributed by atoms with van der Waals surface area (Å²) in [5.74, 6) is 1.39. The van der Waals surface area contributed by atoms with E-state index < -0.39 is 0 Å². The van der Waals surface area contributed by atoms with Crippen molar-refractivity contribution in [2.75, 3.05) is 0 Å². The van der Waals surface area contributed by atoms with E-state index >= 15 is 0 Å². The summed E-state index contributed by atoms with van der Waals surface area (Å²) in [4.78, 5) is 8.35. The predicted molar refractivity (Wildman–Crippen MR) is 76.7 cm³/mol.